The van der Waals surface area contributed by atoms with Crippen LogP contribution in [0.25, 0.3) is 22.0 Å². The van der Waals surface area contributed by atoms with Gasteiger partial charge in [0, 0.05) is 36.6 Å². The van der Waals surface area contributed by atoms with Crippen LogP contribution in [-0.2, 0) is 0 Å². The summed E-state index contributed by atoms with van der Waals surface area (Å²) in [5.41, 5.74) is 4.06. The van der Waals surface area contributed by atoms with Gasteiger partial charge < -0.3 is 25.2 Å². The van der Waals surface area contributed by atoms with Gasteiger partial charge in [-0.2, -0.15) is 0 Å². The number of ether oxygens (including phenoxy) is 1. The fourth-order valence-electron chi connectivity index (χ4n) is 5.57. The number of carbonyl (C=O) groups excluding carboxylic acids is 1. The van der Waals surface area contributed by atoms with Crippen LogP contribution in [0.2, 0.25) is 5.02 Å². The molecule has 0 radical (unpaired) electrons. The summed E-state index contributed by atoms with van der Waals surface area (Å²) in [5, 5.41) is 24.3. The number of aromatic hydroxyl groups is 1. The normalized spacial score (nSPS) is 19.6. The Kier molecular flexibility index (Phi) is 8.07. The lowest BCUT2D eigenvalue weighted by Crippen LogP contribution is -2.33. The number of pyridine rings is 1. The lowest BCUT2D eigenvalue weighted by atomic mass is 9.85. The number of halogens is 1. The molecule has 2 fully saturated rings. The maximum atomic E-state index is 13.3. The zero-order valence-corrected chi connectivity index (χ0v) is 22.8. The van der Waals surface area contributed by atoms with Crippen molar-refractivity contribution < 1.29 is 19.7 Å². The van der Waals surface area contributed by atoms with E-state index < -0.39 is 0 Å². The number of hydrogen-bond acceptors (Lipinski definition) is 7. The Morgan fingerprint density at radius 3 is 2.58 bits per heavy atom. The largest absolute Gasteiger partial charge is 0.503 e. The fourth-order valence-corrected chi connectivity index (χ4v) is 5.78. The van der Waals surface area contributed by atoms with E-state index in [0.717, 1.165) is 72.8 Å². The van der Waals surface area contributed by atoms with E-state index in [1.165, 1.54) is 7.11 Å². The van der Waals surface area contributed by atoms with E-state index in [1.54, 1.807) is 18.3 Å². The Morgan fingerprint density at radius 2 is 1.89 bits per heavy atom. The number of nitrogens with zero attached hydrogens (tertiary/aromatic N) is 2. The molecule has 8 heteroatoms. The Labute approximate surface area is 228 Å². The standard InChI is InChI=1S/C30H36ClN3O4/c1-34(11-12-35)17-18-3-8-22(9-4-18)33-28-23-13-20(21-14-25(31)30(37)27(15-21)38-2)7-10-26(23)32-16-24(28)29(36)19-5-6-19/h7,10,13-16,18-19,22,35,37H,3-6,8-9,11-12,17H2,1-2H3,(H,32,33). The summed E-state index contributed by atoms with van der Waals surface area (Å²) in [5.74, 6) is 1.10. The van der Waals surface area contributed by atoms with Gasteiger partial charge in [-0.3, -0.25) is 9.78 Å². The van der Waals surface area contributed by atoms with E-state index in [9.17, 15) is 15.0 Å². The first kappa shape index (κ1) is 26.7. The molecule has 38 heavy (non-hydrogen) atoms. The lowest BCUT2D eigenvalue weighted by Gasteiger charge is -2.32. The Balaban J connectivity index is 1.47. The Hall–Kier alpha value is -2.87. The average molecular weight is 538 g/mol. The minimum absolute atomic E-state index is 0.0850. The second kappa shape index (κ2) is 11.5. The molecule has 0 amide bonds. The van der Waals surface area contributed by atoms with Gasteiger partial charge in [0.1, 0.15) is 0 Å². The number of phenolic OH excluding ortho intramolecular Hbond substituents is 1. The second-order valence-electron chi connectivity index (χ2n) is 10.8. The monoisotopic (exact) mass is 537 g/mol. The van der Waals surface area contributed by atoms with Gasteiger partial charge in [-0.15, -0.1) is 0 Å². The van der Waals surface area contributed by atoms with Crippen molar-refractivity contribution in [3.63, 3.8) is 0 Å². The van der Waals surface area contributed by atoms with E-state index in [2.05, 4.69) is 22.2 Å². The minimum atomic E-state index is -0.0850. The van der Waals surface area contributed by atoms with E-state index in [4.69, 9.17) is 16.3 Å². The first-order valence-corrected chi connectivity index (χ1v) is 13.9. The molecule has 3 N–H and O–H groups in total. The molecule has 5 rings (SSSR count). The van der Waals surface area contributed by atoms with Gasteiger partial charge in [0.2, 0.25) is 0 Å². The van der Waals surface area contributed by atoms with Crippen LogP contribution in [0, 0.1) is 11.8 Å². The van der Waals surface area contributed by atoms with Crippen molar-refractivity contribution >= 4 is 34.0 Å². The predicted octanol–water partition coefficient (Wildman–Crippen LogP) is 5.76. The molecule has 7 nitrogen and oxygen atoms in total. The van der Waals surface area contributed by atoms with Crippen LogP contribution >= 0.6 is 11.6 Å². The summed E-state index contributed by atoms with van der Waals surface area (Å²) >= 11 is 6.28. The molecule has 2 aliphatic carbocycles. The molecule has 0 aliphatic heterocycles. The van der Waals surface area contributed by atoms with Gasteiger partial charge in [-0.25, -0.2) is 0 Å². The number of anilines is 1. The summed E-state index contributed by atoms with van der Waals surface area (Å²) in [6, 6.07) is 9.73. The smallest absolute Gasteiger partial charge is 0.176 e. The predicted molar refractivity (Wildman–Crippen MR) is 151 cm³/mol. The molecule has 0 unspecified atom stereocenters. The number of aliphatic hydroxyl groups is 1. The molecule has 2 aliphatic rings. The number of likely N-dealkylation sites (N-methyl/N-ethyl adjacent to an activating group) is 1. The van der Waals surface area contributed by atoms with Gasteiger partial charge in [0.15, 0.2) is 17.3 Å². The maximum absolute atomic E-state index is 13.3. The molecule has 0 bridgehead atoms. The number of aliphatic hydroxyl groups excluding tert-OH is 1. The number of benzene rings is 2. The summed E-state index contributed by atoms with van der Waals surface area (Å²) in [6.45, 7) is 1.89. The molecular weight excluding hydrogens is 502 g/mol. The summed E-state index contributed by atoms with van der Waals surface area (Å²) in [6.07, 6.45) is 7.90. The molecule has 0 atom stereocenters. The molecular formula is C30H36ClN3O4. The number of fused-ring (bicyclic) bond motifs is 1. The van der Waals surface area contributed by atoms with Crippen LogP contribution in [0.4, 0.5) is 5.69 Å². The third-order valence-corrected chi connectivity index (χ3v) is 8.20. The molecule has 202 valence electrons. The number of Topliss-reactive ketones (excluding diaryl/α,β-unsaturated/α-hetero) is 1. The van der Waals surface area contributed by atoms with Crippen LogP contribution in [-0.4, -0.2) is 65.8 Å². The van der Waals surface area contributed by atoms with Crippen LogP contribution in [0.3, 0.4) is 0 Å². The number of aromatic nitrogens is 1. The first-order valence-electron chi connectivity index (χ1n) is 13.5. The van der Waals surface area contributed by atoms with E-state index in [-0.39, 0.29) is 35.1 Å². The highest BCUT2D eigenvalue weighted by Crippen LogP contribution is 2.41. The van der Waals surface area contributed by atoms with Crippen LogP contribution in [0.1, 0.15) is 48.9 Å². The molecule has 1 aromatic heterocycles. The van der Waals surface area contributed by atoms with Crippen molar-refractivity contribution in [1.82, 2.24) is 9.88 Å². The number of carbonyl (C=O) groups is 1. The number of nitrogens with one attached hydrogen (secondary N) is 1. The topological polar surface area (TPSA) is 94.9 Å². The van der Waals surface area contributed by atoms with E-state index in [0.29, 0.717) is 23.8 Å². The molecule has 1 heterocycles. The van der Waals surface area contributed by atoms with Crippen molar-refractivity contribution in [1.29, 1.82) is 0 Å². The van der Waals surface area contributed by atoms with Gasteiger partial charge in [0.25, 0.3) is 0 Å². The molecule has 2 aromatic carbocycles. The maximum Gasteiger partial charge on any atom is 0.176 e. The van der Waals surface area contributed by atoms with Crippen molar-refractivity contribution in [2.24, 2.45) is 11.8 Å². The first-order chi connectivity index (χ1) is 18.4. The third kappa shape index (κ3) is 5.75. The van der Waals surface area contributed by atoms with Crippen molar-refractivity contribution in [3.05, 3.63) is 47.1 Å². The van der Waals surface area contributed by atoms with Gasteiger partial charge >= 0.3 is 0 Å². The lowest BCUT2D eigenvalue weighted by molar-refractivity contribution is 0.0968. The van der Waals surface area contributed by atoms with Crippen molar-refractivity contribution in [3.8, 4) is 22.6 Å². The second-order valence-corrected chi connectivity index (χ2v) is 11.2. The van der Waals surface area contributed by atoms with Crippen molar-refractivity contribution in [2.75, 3.05) is 39.2 Å². The Bertz CT molecular complexity index is 1320. The molecule has 0 saturated heterocycles. The van der Waals surface area contributed by atoms with Crippen LogP contribution in [0.15, 0.2) is 36.5 Å². The van der Waals surface area contributed by atoms with E-state index in [1.807, 2.05) is 18.2 Å². The number of methoxy groups -OCH3 is 1. The number of hydrogen-bond donors (Lipinski definition) is 3. The molecule has 3 aromatic rings. The summed E-state index contributed by atoms with van der Waals surface area (Å²) in [7, 11) is 3.56. The average Bonchev–Trinajstić information content (AvgIpc) is 3.77. The Morgan fingerprint density at radius 1 is 1.13 bits per heavy atom. The number of rotatable bonds is 10. The fraction of sp³-hybridized carbons (Fsp3) is 0.467. The highest BCUT2D eigenvalue weighted by Gasteiger charge is 2.33. The van der Waals surface area contributed by atoms with Gasteiger partial charge in [-0.05, 0) is 86.9 Å². The highest BCUT2D eigenvalue weighted by atomic mass is 35.5. The zero-order valence-electron chi connectivity index (χ0n) is 22.0. The summed E-state index contributed by atoms with van der Waals surface area (Å²) < 4.78 is 5.31. The summed E-state index contributed by atoms with van der Waals surface area (Å²) in [4.78, 5) is 20.2. The van der Waals surface area contributed by atoms with Gasteiger partial charge in [-0.1, -0.05) is 17.7 Å². The number of ketones is 1. The van der Waals surface area contributed by atoms with Gasteiger partial charge in [0.05, 0.1) is 35.5 Å². The quantitative estimate of drug-likeness (QED) is 0.283. The highest BCUT2D eigenvalue weighted by molar-refractivity contribution is 6.32. The molecule has 2 saturated carbocycles. The van der Waals surface area contributed by atoms with Crippen LogP contribution < -0.4 is 10.1 Å². The third-order valence-electron chi connectivity index (χ3n) is 7.91. The number of phenols is 1. The van der Waals surface area contributed by atoms with Crippen LogP contribution in [0.5, 0.6) is 11.5 Å². The zero-order chi connectivity index (χ0) is 26.8. The minimum Gasteiger partial charge on any atom is -0.503 e. The van der Waals surface area contributed by atoms with E-state index >= 15 is 0 Å². The molecule has 0 spiro atoms. The SMILES string of the molecule is COc1cc(-c2ccc3ncc(C(=O)C4CC4)c(NC4CCC(CN(C)CCO)CC4)c3c2)cc(Cl)c1O. The van der Waals surface area contributed by atoms with Crippen molar-refractivity contribution in [2.45, 2.75) is 44.6 Å².